The summed E-state index contributed by atoms with van der Waals surface area (Å²) in [7, 11) is 0. The van der Waals surface area contributed by atoms with E-state index in [0.717, 1.165) is 5.56 Å². The van der Waals surface area contributed by atoms with E-state index in [9.17, 15) is 4.79 Å². The summed E-state index contributed by atoms with van der Waals surface area (Å²) >= 11 is 5.89. The third-order valence-corrected chi connectivity index (χ3v) is 2.70. The fourth-order valence-corrected chi connectivity index (χ4v) is 1.75. The lowest BCUT2D eigenvalue weighted by molar-refractivity contribution is 0.186. The van der Waals surface area contributed by atoms with E-state index in [-0.39, 0.29) is 11.5 Å². The molecular formula is C17H16ClN3O2. The highest BCUT2D eigenvalue weighted by Crippen LogP contribution is 2.10. The number of benzene rings is 1. The van der Waals surface area contributed by atoms with Gasteiger partial charge in [0.25, 0.3) is 0 Å². The number of hydrogen-bond donors (Lipinski definition) is 1. The highest BCUT2D eigenvalue weighted by molar-refractivity contribution is 6.30. The van der Waals surface area contributed by atoms with Crippen LogP contribution in [-0.2, 0) is 0 Å². The van der Waals surface area contributed by atoms with Gasteiger partial charge in [-0.1, -0.05) is 29.5 Å². The van der Waals surface area contributed by atoms with E-state index in [1.165, 1.54) is 12.4 Å². The summed E-state index contributed by atoms with van der Waals surface area (Å²) in [6.45, 7) is 5.55. The third-order valence-electron chi connectivity index (χ3n) is 2.46. The molecule has 0 aliphatic carbocycles. The number of carbonyl (C=O) groups is 1. The van der Waals surface area contributed by atoms with Crippen LogP contribution in [0.3, 0.4) is 0 Å². The standard InChI is InChI=1S/C17H16ClN3O2/c1-17(2,3)21-16(22)23-15-19-10-13(11-20-15)8-7-12-5-4-6-14(18)9-12/h4-6,9-11H,1-3H3,(H,21,22). The second-order valence-electron chi connectivity index (χ2n) is 5.78. The first-order valence-electron chi connectivity index (χ1n) is 6.91. The van der Waals surface area contributed by atoms with Gasteiger partial charge >= 0.3 is 12.1 Å². The van der Waals surface area contributed by atoms with Gasteiger partial charge in [-0.2, -0.15) is 0 Å². The van der Waals surface area contributed by atoms with E-state index < -0.39 is 6.09 Å². The number of rotatable bonds is 1. The molecule has 0 atom stereocenters. The molecule has 2 aromatic rings. The van der Waals surface area contributed by atoms with Crippen LogP contribution in [0.2, 0.25) is 5.02 Å². The van der Waals surface area contributed by atoms with Gasteiger partial charge in [0.05, 0.1) is 5.56 Å². The molecule has 0 aliphatic rings. The molecule has 23 heavy (non-hydrogen) atoms. The van der Waals surface area contributed by atoms with Crippen molar-refractivity contribution in [2.24, 2.45) is 0 Å². The minimum absolute atomic E-state index is 0.0277. The minimum Gasteiger partial charge on any atom is -0.374 e. The van der Waals surface area contributed by atoms with Gasteiger partial charge in [-0.25, -0.2) is 14.8 Å². The van der Waals surface area contributed by atoms with Gasteiger partial charge in [0.2, 0.25) is 0 Å². The lowest BCUT2D eigenvalue weighted by atomic mass is 10.1. The first kappa shape index (κ1) is 16.8. The van der Waals surface area contributed by atoms with Gasteiger partial charge in [0, 0.05) is 28.5 Å². The van der Waals surface area contributed by atoms with Crippen LogP contribution in [0.1, 0.15) is 31.9 Å². The van der Waals surface area contributed by atoms with Crippen molar-refractivity contribution in [3.63, 3.8) is 0 Å². The van der Waals surface area contributed by atoms with Crippen LogP contribution in [0.4, 0.5) is 4.79 Å². The Kier molecular flexibility index (Phi) is 5.20. The number of nitrogens with zero attached hydrogens (tertiary/aromatic N) is 2. The van der Waals surface area contributed by atoms with Crippen molar-refractivity contribution in [2.75, 3.05) is 0 Å². The molecule has 0 radical (unpaired) electrons. The van der Waals surface area contributed by atoms with Gasteiger partial charge in [0.1, 0.15) is 0 Å². The molecule has 1 aromatic heterocycles. The Morgan fingerprint density at radius 3 is 2.43 bits per heavy atom. The molecule has 5 nitrogen and oxygen atoms in total. The molecule has 0 bridgehead atoms. The number of halogens is 1. The maximum Gasteiger partial charge on any atom is 0.415 e. The number of hydrogen-bond acceptors (Lipinski definition) is 4. The number of aromatic nitrogens is 2. The number of amides is 1. The third kappa shape index (κ3) is 5.97. The lowest BCUT2D eigenvalue weighted by Gasteiger charge is -2.19. The fourth-order valence-electron chi connectivity index (χ4n) is 1.56. The molecule has 6 heteroatoms. The fraction of sp³-hybridized carbons (Fsp3) is 0.235. The number of ether oxygens (including phenoxy) is 1. The van der Waals surface area contributed by atoms with E-state index in [1.807, 2.05) is 32.9 Å². The molecule has 0 aliphatic heterocycles. The zero-order chi connectivity index (χ0) is 16.9. The Hall–Kier alpha value is -2.58. The van der Waals surface area contributed by atoms with Crippen molar-refractivity contribution in [1.82, 2.24) is 15.3 Å². The SMILES string of the molecule is CC(C)(C)NC(=O)Oc1ncc(C#Cc2cccc(Cl)c2)cn1. The molecule has 118 valence electrons. The summed E-state index contributed by atoms with van der Waals surface area (Å²) < 4.78 is 4.99. The van der Waals surface area contributed by atoms with Crippen LogP contribution in [0.5, 0.6) is 6.01 Å². The Bertz CT molecular complexity index is 756. The van der Waals surface area contributed by atoms with E-state index >= 15 is 0 Å². The second-order valence-corrected chi connectivity index (χ2v) is 6.22. The predicted octanol–water partition coefficient (Wildman–Crippen LogP) is 3.42. The largest absolute Gasteiger partial charge is 0.415 e. The first-order valence-corrected chi connectivity index (χ1v) is 7.29. The number of nitrogens with one attached hydrogen (secondary N) is 1. The normalized spacial score (nSPS) is 10.4. The zero-order valence-corrected chi connectivity index (χ0v) is 13.8. The van der Waals surface area contributed by atoms with Crippen molar-refractivity contribution in [3.05, 3.63) is 52.8 Å². The van der Waals surface area contributed by atoms with E-state index in [0.29, 0.717) is 10.6 Å². The molecule has 0 fully saturated rings. The maximum atomic E-state index is 11.6. The van der Waals surface area contributed by atoms with Crippen molar-refractivity contribution in [3.8, 4) is 17.9 Å². The van der Waals surface area contributed by atoms with Gasteiger partial charge in [-0.05, 0) is 39.0 Å². The highest BCUT2D eigenvalue weighted by Gasteiger charge is 2.15. The summed E-state index contributed by atoms with van der Waals surface area (Å²) in [5, 5.41) is 3.28. The van der Waals surface area contributed by atoms with Gasteiger partial charge in [0.15, 0.2) is 0 Å². The average Bonchev–Trinajstić information content (AvgIpc) is 2.44. The Labute approximate surface area is 140 Å². The summed E-state index contributed by atoms with van der Waals surface area (Å²) in [6.07, 6.45) is 2.38. The van der Waals surface area contributed by atoms with Crippen LogP contribution in [0.15, 0.2) is 36.7 Å². The van der Waals surface area contributed by atoms with E-state index in [2.05, 4.69) is 27.1 Å². The quantitative estimate of drug-likeness (QED) is 0.814. The van der Waals surface area contributed by atoms with Crippen LogP contribution >= 0.6 is 11.6 Å². The number of carbonyl (C=O) groups excluding carboxylic acids is 1. The molecule has 0 saturated heterocycles. The predicted molar refractivity (Wildman–Crippen MR) is 88.4 cm³/mol. The Morgan fingerprint density at radius 1 is 1.17 bits per heavy atom. The minimum atomic E-state index is -0.602. The molecule has 1 heterocycles. The second kappa shape index (κ2) is 7.12. The van der Waals surface area contributed by atoms with Crippen molar-refractivity contribution in [2.45, 2.75) is 26.3 Å². The van der Waals surface area contributed by atoms with Gasteiger partial charge in [-0.3, -0.25) is 0 Å². The van der Waals surface area contributed by atoms with Crippen LogP contribution in [-0.4, -0.2) is 21.6 Å². The Morgan fingerprint density at radius 2 is 1.83 bits per heavy atom. The molecule has 1 N–H and O–H groups in total. The summed E-state index contributed by atoms with van der Waals surface area (Å²) in [6, 6.07) is 7.20. The molecular weight excluding hydrogens is 314 g/mol. The smallest absolute Gasteiger partial charge is 0.374 e. The monoisotopic (exact) mass is 329 g/mol. The topological polar surface area (TPSA) is 64.1 Å². The van der Waals surface area contributed by atoms with Crippen molar-refractivity contribution < 1.29 is 9.53 Å². The van der Waals surface area contributed by atoms with Crippen molar-refractivity contribution >= 4 is 17.7 Å². The van der Waals surface area contributed by atoms with E-state index in [1.54, 1.807) is 12.1 Å². The molecule has 2 rings (SSSR count). The maximum absolute atomic E-state index is 11.6. The molecule has 0 spiro atoms. The van der Waals surface area contributed by atoms with Crippen molar-refractivity contribution in [1.29, 1.82) is 0 Å². The highest BCUT2D eigenvalue weighted by atomic mass is 35.5. The van der Waals surface area contributed by atoms with Crippen LogP contribution in [0, 0.1) is 11.8 Å². The molecule has 1 amide bonds. The molecule has 0 unspecified atom stereocenters. The summed E-state index contributed by atoms with van der Waals surface area (Å²) in [4.78, 5) is 19.5. The molecule has 0 saturated carbocycles. The van der Waals surface area contributed by atoms with Crippen LogP contribution < -0.4 is 10.1 Å². The lowest BCUT2D eigenvalue weighted by Crippen LogP contribution is -2.42. The Balaban J connectivity index is 2.02. The first-order chi connectivity index (χ1) is 10.8. The van der Waals surface area contributed by atoms with Gasteiger partial charge < -0.3 is 10.1 Å². The van der Waals surface area contributed by atoms with Crippen LogP contribution in [0.25, 0.3) is 0 Å². The average molecular weight is 330 g/mol. The zero-order valence-electron chi connectivity index (χ0n) is 13.1. The molecule has 1 aromatic carbocycles. The summed E-state index contributed by atoms with van der Waals surface area (Å²) in [5.41, 5.74) is 1.01. The summed E-state index contributed by atoms with van der Waals surface area (Å²) in [5.74, 6) is 5.88. The van der Waals surface area contributed by atoms with Gasteiger partial charge in [-0.15, -0.1) is 0 Å². The van der Waals surface area contributed by atoms with E-state index in [4.69, 9.17) is 16.3 Å².